The maximum atomic E-state index is 13.2. The average Bonchev–Trinajstić information content (AvgIpc) is 3.06. The summed E-state index contributed by atoms with van der Waals surface area (Å²) >= 11 is 1.31. The molecule has 0 bridgehead atoms. The molecule has 0 spiro atoms. The van der Waals surface area contributed by atoms with Gasteiger partial charge in [0.25, 0.3) is 5.91 Å². The van der Waals surface area contributed by atoms with Crippen molar-refractivity contribution in [1.82, 2.24) is 4.90 Å². The average molecular weight is 485 g/mol. The summed E-state index contributed by atoms with van der Waals surface area (Å²) in [6, 6.07) is 15.7. The second-order valence-electron chi connectivity index (χ2n) is 8.92. The highest BCUT2D eigenvalue weighted by atomic mass is 32.2. The SMILES string of the molecule is CCN(C(=O)[C@@H](O)[C@@H]1C(=O)N2[C@@H]1SC(C)(C)[C@@H]2C(=O)O)c1cccc(OCc2ccccc2)c1. The van der Waals surface area contributed by atoms with Gasteiger partial charge in [0.05, 0.1) is 5.37 Å². The predicted octanol–water partition coefficient (Wildman–Crippen LogP) is 2.74. The van der Waals surface area contributed by atoms with Crippen molar-refractivity contribution >= 4 is 35.2 Å². The van der Waals surface area contributed by atoms with Crippen LogP contribution >= 0.6 is 11.8 Å². The van der Waals surface area contributed by atoms with E-state index in [2.05, 4.69) is 0 Å². The molecule has 2 aliphatic rings. The van der Waals surface area contributed by atoms with Gasteiger partial charge < -0.3 is 24.7 Å². The Morgan fingerprint density at radius 1 is 1.18 bits per heavy atom. The molecule has 2 fully saturated rings. The van der Waals surface area contributed by atoms with Crippen molar-refractivity contribution in [2.75, 3.05) is 11.4 Å². The van der Waals surface area contributed by atoms with E-state index < -0.39 is 46.0 Å². The van der Waals surface area contributed by atoms with Gasteiger partial charge >= 0.3 is 5.97 Å². The fourth-order valence-corrected chi connectivity index (χ4v) is 6.31. The summed E-state index contributed by atoms with van der Waals surface area (Å²) < 4.78 is 5.13. The summed E-state index contributed by atoms with van der Waals surface area (Å²) in [5.74, 6) is -2.60. The van der Waals surface area contributed by atoms with Gasteiger partial charge in [-0.1, -0.05) is 36.4 Å². The molecule has 4 rings (SSSR count). The number of hydrogen-bond donors (Lipinski definition) is 2. The van der Waals surface area contributed by atoms with Crippen LogP contribution < -0.4 is 9.64 Å². The summed E-state index contributed by atoms with van der Waals surface area (Å²) in [5, 5.41) is 19.9. The molecule has 2 N–H and O–H groups in total. The molecule has 2 aromatic rings. The fraction of sp³-hybridized carbons (Fsp3) is 0.400. The number of amides is 2. The van der Waals surface area contributed by atoms with Crippen LogP contribution in [0.4, 0.5) is 5.69 Å². The third-order valence-corrected chi connectivity index (χ3v) is 7.86. The molecule has 2 aromatic carbocycles. The van der Waals surface area contributed by atoms with Crippen molar-refractivity contribution in [3.63, 3.8) is 0 Å². The van der Waals surface area contributed by atoms with Crippen LogP contribution in [0.25, 0.3) is 0 Å². The molecule has 0 aromatic heterocycles. The van der Waals surface area contributed by atoms with Gasteiger partial charge in [-0.2, -0.15) is 0 Å². The first-order chi connectivity index (χ1) is 16.2. The fourth-order valence-electron chi connectivity index (χ4n) is 4.59. The number of carboxylic acid groups (broad SMARTS) is 1. The minimum Gasteiger partial charge on any atom is -0.489 e. The van der Waals surface area contributed by atoms with Crippen LogP contribution in [-0.2, 0) is 21.0 Å². The van der Waals surface area contributed by atoms with Crippen molar-refractivity contribution < 1.29 is 29.3 Å². The molecule has 0 saturated carbocycles. The first kappa shape index (κ1) is 24.1. The number of aliphatic carboxylic acids is 1. The lowest BCUT2D eigenvalue weighted by atomic mass is 9.87. The molecular formula is C25H28N2O6S. The van der Waals surface area contributed by atoms with Gasteiger partial charge in [-0.15, -0.1) is 11.8 Å². The summed E-state index contributed by atoms with van der Waals surface area (Å²) in [5.41, 5.74) is 1.56. The van der Waals surface area contributed by atoms with Gasteiger partial charge in [0.15, 0.2) is 0 Å². The molecular weight excluding hydrogens is 456 g/mol. The van der Waals surface area contributed by atoms with Crippen LogP contribution in [0.5, 0.6) is 5.75 Å². The van der Waals surface area contributed by atoms with Crippen LogP contribution in [0.2, 0.25) is 0 Å². The summed E-state index contributed by atoms with van der Waals surface area (Å²) in [6.45, 7) is 5.95. The number of anilines is 1. The maximum absolute atomic E-state index is 13.2. The topological polar surface area (TPSA) is 107 Å². The number of thioether (sulfide) groups is 1. The Bertz CT molecular complexity index is 1090. The van der Waals surface area contributed by atoms with Gasteiger partial charge in [-0.05, 0) is 38.5 Å². The van der Waals surface area contributed by atoms with Crippen molar-refractivity contribution in [2.45, 2.75) is 49.6 Å². The molecule has 2 heterocycles. The number of carboxylic acids is 1. The summed E-state index contributed by atoms with van der Waals surface area (Å²) in [7, 11) is 0. The smallest absolute Gasteiger partial charge is 0.327 e. The van der Waals surface area contributed by atoms with Crippen LogP contribution in [0.1, 0.15) is 26.3 Å². The van der Waals surface area contributed by atoms with E-state index in [-0.39, 0.29) is 6.54 Å². The number of likely N-dealkylation sites (N-methyl/N-ethyl adjacent to an activating group) is 1. The van der Waals surface area contributed by atoms with Gasteiger partial charge in [-0.3, -0.25) is 9.59 Å². The lowest BCUT2D eigenvalue weighted by Crippen LogP contribution is -2.67. The molecule has 34 heavy (non-hydrogen) atoms. The van der Waals surface area contributed by atoms with Gasteiger partial charge in [-0.25, -0.2) is 4.79 Å². The second kappa shape index (κ2) is 9.31. The minimum atomic E-state index is -1.57. The van der Waals surface area contributed by atoms with Crippen molar-refractivity contribution in [3.05, 3.63) is 60.2 Å². The van der Waals surface area contributed by atoms with Crippen LogP contribution in [-0.4, -0.2) is 61.7 Å². The molecule has 0 aliphatic carbocycles. The zero-order chi connectivity index (χ0) is 24.6. The normalized spacial score (nSPS) is 23.6. The largest absolute Gasteiger partial charge is 0.489 e. The number of nitrogens with zero attached hydrogens (tertiary/aromatic N) is 2. The molecule has 2 aliphatic heterocycles. The first-order valence-corrected chi connectivity index (χ1v) is 12.0. The van der Waals surface area contributed by atoms with E-state index >= 15 is 0 Å². The lowest BCUT2D eigenvalue weighted by Gasteiger charge is -2.45. The molecule has 2 saturated heterocycles. The van der Waals surface area contributed by atoms with Crippen molar-refractivity contribution in [1.29, 1.82) is 0 Å². The van der Waals surface area contributed by atoms with Gasteiger partial charge in [0.1, 0.15) is 30.4 Å². The monoisotopic (exact) mass is 484 g/mol. The zero-order valence-corrected chi connectivity index (χ0v) is 20.1. The summed E-state index contributed by atoms with van der Waals surface area (Å²) in [6.07, 6.45) is -1.57. The Labute approximate surface area is 202 Å². The third kappa shape index (κ3) is 4.25. The van der Waals surface area contributed by atoms with Crippen molar-refractivity contribution in [2.24, 2.45) is 5.92 Å². The second-order valence-corrected chi connectivity index (χ2v) is 10.7. The number of aliphatic hydroxyl groups is 1. The van der Waals surface area contributed by atoms with Gasteiger partial charge in [0.2, 0.25) is 5.91 Å². The molecule has 2 amide bonds. The molecule has 0 unspecified atom stereocenters. The molecule has 8 nitrogen and oxygen atoms in total. The van der Waals surface area contributed by atoms with Crippen molar-refractivity contribution in [3.8, 4) is 5.75 Å². The highest BCUT2D eigenvalue weighted by Gasteiger charge is 2.66. The molecule has 9 heteroatoms. The number of aliphatic hydroxyl groups excluding tert-OH is 1. The van der Waals surface area contributed by atoms with Crippen LogP contribution in [0, 0.1) is 5.92 Å². The Balaban J connectivity index is 1.48. The third-order valence-electron chi connectivity index (χ3n) is 6.27. The Morgan fingerprint density at radius 2 is 1.88 bits per heavy atom. The molecule has 4 atom stereocenters. The van der Waals surface area contributed by atoms with E-state index in [0.29, 0.717) is 18.0 Å². The number of carbonyl (C=O) groups excluding carboxylic acids is 2. The quantitative estimate of drug-likeness (QED) is 0.555. The van der Waals surface area contributed by atoms with Gasteiger partial charge in [0, 0.05) is 23.0 Å². The Morgan fingerprint density at radius 3 is 2.53 bits per heavy atom. The Hall–Kier alpha value is -3.04. The van der Waals surface area contributed by atoms with E-state index in [9.17, 15) is 24.6 Å². The van der Waals surface area contributed by atoms with E-state index in [0.717, 1.165) is 5.56 Å². The molecule has 180 valence electrons. The minimum absolute atomic E-state index is 0.281. The number of hydrogen-bond acceptors (Lipinski definition) is 6. The van der Waals surface area contributed by atoms with Crippen LogP contribution in [0.3, 0.4) is 0 Å². The number of rotatable bonds is 8. The first-order valence-electron chi connectivity index (χ1n) is 11.1. The highest BCUT2D eigenvalue weighted by Crippen LogP contribution is 2.54. The van der Waals surface area contributed by atoms with E-state index in [4.69, 9.17) is 4.74 Å². The highest BCUT2D eigenvalue weighted by molar-refractivity contribution is 8.01. The van der Waals surface area contributed by atoms with E-state index in [1.165, 1.54) is 21.6 Å². The van der Waals surface area contributed by atoms with E-state index in [1.807, 2.05) is 30.3 Å². The maximum Gasteiger partial charge on any atom is 0.327 e. The van der Waals surface area contributed by atoms with Crippen LogP contribution in [0.15, 0.2) is 54.6 Å². The number of benzene rings is 2. The number of β-lactam (4-membered cyclic amide) rings is 1. The Kier molecular flexibility index (Phi) is 6.60. The number of ether oxygens (including phenoxy) is 1. The lowest BCUT2D eigenvalue weighted by molar-refractivity contribution is -0.170. The standard InChI is InChI=1S/C25H28N2O6S/c1-4-26(16-11-8-12-17(13-16)33-14-15-9-6-5-7-10-15)22(30)19(28)18-21(29)27-20(24(31)32)25(2,3)34-23(18)27/h5-13,18-20,23,28H,4,14H2,1-3H3,(H,31,32)/t18-,19+,20+,23-/m1/s1. The zero-order valence-electron chi connectivity index (χ0n) is 19.2. The van der Waals surface area contributed by atoms with E-state index in [1.54, 1.807) is 45.0 Å². The number of carbonyl (C=O) groups is 3. The summed E-state index contributed by atoms with van der Waals surface area (Å²) in [4.78, 5) is 40.5. The molecule has 0 radical (unpaired) electrons. The predicted molar refractivity (Wildman–Crippen MR) is 128 cm³/mol. The number of fused-ring (bicyclic) bond motifs is 1.